The number of carbonyl (C=O) groups is 2. The molecule has 1 aliphatic heterocycles. The predicted molar refractivity (Wildman–Crippen MR) is 71.7 cm³/mol. The Labute approximate surface area is 129 Å². The van der Waals surface area contributed by atoms with E-state index >= 15 is 0 Å². The van der Waals surface area contributed by atoms with Gasteiger partial charge < -0.3 is 15.2 Å². The number of halogens is 3. The zero-order valence-corrected chi connectivity index (χ0v) is 12.0. The Balaban J connectivity index is 2.15. The van der Waals surface area contributed by atoms with E-state index in [0.29, 0.717) is 0 Å². The van der Waals surface area contributed by atoms with E-state index in [9.17, 15) is 27.9 Å². The minimum absolute atomic E-state index is 0.178. The molecular weight excluding hydrogens is 317 g/mol. The first kappa shape index (κ1) is 17.2. The van der Waals surface area contributed by atoms with Gasteiger partial charge in [-0.2, -0.15) is 13.2 Å². The number of nitrogens with one attached hydrogen (secondary N) is 1. The third kappa shape index (κ3) is 3.79. The fraction of sp³-hybridized carbons (Fsp3) is 0.500. The number of hydrogen-bond donors (Lipinski definition) is 2. The van der Waals surface area contributed by atoms with Crippen molar-refractivity contribution in [2.45, 2.75) is 19.0 Å². The monoisotopic (exact) mass is 332 g/mol. The van der Waals surface area contributed by atoms with Crippen molar-refractivity contribution in [1.82, 2.24) is 10.3 Å². The van der Waals surface area contributed by atoms with Crippen LogP contribution >= 0.6 is 0 Å². The third-order valence-electron chi connectivity index (χ3n) is 3.82. The Morgan fingerprint density at radius 1 is 1.35 bits per heavy atom. The van der Waals surface area contributed by atoms with Crippen LogP contribution in [0.25, 0.3) is 0 Å². The molecule has 0 spiro atoms. The van der Waals surface area contributed by atoms with E-state index in [1.807, 2.05) is 0 Å². The Morgan fingerprint density at radius 2 is 2.00 bits per heavy atom. The van der Waals surface area contributed by atoms with Crippen LogP contribution in [0.3, 0.4) is 0 Å². The zero-order chi connectivity index (χ0) is 17.1. The highest BCUT2D eigenvalue weighted by Gasteiger charge is 2.41. The summed E-state index contributed by atoms with van der Waals surface area (Å²) in [6.45, 7) is 0.164. The molecule has 126 valence electrons. The lowest BCUT2D eigenvalue weighted by atomic mass is 9.80. The summed E-state index contributed by atoms with van der Waals surface area (Å²) in [6, 6.07) is 1.83. The van der Waals surface area contributed by atoms with Gasteiger partial charge in [0.05, 0.1) is 11.0 Å². The summed E-state index contributed by atoms with van der Waals surface area (Å²) in [5.41, 5.74) is -3.16. The summed E-state index contributed by atoms with van der Waals surface area (Å²) in [6.07, 6.45) is -3.29. The second kappa shape index (κ2) is 6.53. The number of alkyl halides is 3. The van der Waals surface area contributed by atoms with Gasteiger partial charge in [-0.25, -0.2) is 0 Å². The molecule has 9 heteroatoms. The van der Waals surface area contributed by atoms with Gasteiger partial charge in [0.1, 0.15) is 5.69 Å². The van der Waals surface area contributed by atoms with Crippen molar-refractivity contribution in [3.8, 4) is 0 Å². The van der Waals surface area contributed by atoms with E-state index in [2.05, 4.69) is 10.3 Å². The predicted octanol–water partition coefficient (Wildman–Crippen LogP) is 1.71. The van der Waals surface area contributed by atoms with Gasteiger partial charge in [0, 0.05) is 26.0 Å². The maximum atomic E-state index is 12.9. The Morgan fingerprint density at radius 3 is 2.57 bits per heavy atom. The van der Waals surface area contributed by atoms with Crippen LogP contribution in [0.2, 0.25) is 0 Å². The summed E-state index contributed by atoms with van der Waals surface area (Å²) in [5, 5.41) is 11.6. The van der Waals surface area contributed by atoms with Crippen molar-refractivity contribution >= 4 is 11.9 Å². The quantitative estimate of drug-likeness (QED) is 0.876. The van der Waals surface area contributed by atoms with Crippen molar-refractivity contribution in [1.29, 1.82) is 0 Å². The van der Waals surface area contributed by atoms with E-state index in [1.165, 1.54) is 0 Å². The van der Waals surface area contributed by atoms with Gasteiger partial charge in [0.2, 0.25) is 0 Å². The Bertz CT molecular complexity index is 598. The standard InChI is InChI=1S/C14H15F3N2O4/c15-14(16,17)9-2-1-5-18-10(9)11(20)19-8-13(12(21)22)3-6-23-7-4-13/h1-2,5H,3-4,6-8H2,(H,19,20)(H,21,22). The molecule has 1 fully saturated rings. The number of amides is 1. The van der Waals surface area contributed by atoms with Gasteiger partial charge in [-0.1, -0.05) is 0 Å². The van der Waals surface area contributed by atoms with Gasteiger partial charge in [0.15, 0.2) is 0 Å². The SMILES string of the molecule is O=C(NCC1(C(=O)O)CCOCC1)c1ncccc1C(F)(F)F. The number of hydrogen-bond acceptors (Lipinski definition) is 4. The van der Waals surface area contributed by atoms with Crippen LogP contribution in [0.5, 0.6) is 0 Å². The number of nitrogens with zero attached hydrogens (tertiary/aromatic N) is 1. The smallest absolute Gasteiger partial charge is 0.418 e. The first-order chi connectivity index (χ1) is 10.8. The molecule has 1 amide bonds. The highest BCUT2D eigenvalue weighted by Crippen LogP contribution is 2.32. The number of carboxylic acid groups (broad SMARTS) is 1. The van der Waals surface area contributed by atoms with Crippen LogP contribution in [-0.4, -0.2) is 41.7 Å². The summed E-state index contributed by atoms with van der Waals surface area (Å²) in [5.74, 6) is -2.16. The van der Waals surface area contributed by atoms with Gasteiger partial charge in [-0.3, -0.25) is 14.6 Å². The fourth-order valence-electron chi connectivity index (χ4n) is 2.38. The molecule has 2 N–H and O–H groups in total. The van der Waals surface area contributed by atoms with Crippen molar-refractivity contribution in [2.75, 3.05) is 19.8 Å². The average molecular weight is 332 g/mol. The van der Waals surface area contributed by atoms with E-state index in [4.69, 9.17) is 4.74 Å². The number of aromatic nitrogens is 1. The lowest BCUT2D eigenvalue weighted by molar-refractivity contribution is -0.154. The minimum atomic E-state index is -4.72. The number of ether oxygens (including phenoxy) is 1. The van der Waals surface area contributed by atoms with Gasteiger partial charge in [-0.15, -0.1) is 0 Å². The maximum Gasteiger partial charge on any atom is 0.418 e. The van der Waals surface area contributed by atoms with E-state index in [0.717, 1.165) is 18.3 Å². The molecule has 0 radical (unpaired) electrons. The lowest BCUT2D eigenvalue weighted by Crippen LogP contribution is -2.46. The van der Waals surface area contributed by atoms with Crippen LogP contribution in [0, 0.1) is 5.41 Å². The zero-order valence-electron chi connectivity index (χ0n) is 12.0. The highest BCUT2D eigenvalue weighted by molar-refractivity contribution is 5.94. The molecule has 0 aliphatic carbocycles. The van der Waals surface area contributed by atoms with Crippen molar-refractivity contribution in [2.24, 2.45) is 5.41 Å². The molecular formula is C14H15F3N2O4. The van der Waals surface area contributed by atoms with Crippen LogP contribution in [0.1, 0.15) is 28.9 Å². The number of pyridine rings is 1. The highest BCUT2D eigenvalue weighted by atomic mass is 19.4. The van der Waals surface area contributed by atoms with Gasteiger partial charge in [-0.05, 0) is 25.0 Å². The molecule has 0 aromatic carbocycles. The molecule has 6 nitrogen and oxygen atoms in total. The molecule has 0 saturated carbocycles. The molecule has 0 unspecified atom stereocenters. The molecule has 1 aromatic heterocycles. The molecule has 1 saturated heterocycles. The fourth-order valence-corrected chi connectivity index (χ4v) is 2.38. The minimum Gasteiger partial charge on any atom is -0.481 e. The van der Waals surface area contributed by atoms with Crippen molar-refractivity contribution in [3.05, 3.63) is 29.6 Å². The molecule has 2 rings (SSSR count). The molecule has 0 bridgehead atoms. The van der Waals surface area contributed by atoms with Crippen molar-refractivity contribution < 1.29 is 32.6 Å². The summed E-state index contributed by atoms with van der Waals surface area (Å²) in [4.78, 5) is 26.9. The number of carboxylic acids is 1. The van der Waals surface area contributed by atoms with E-state index < -0.39 is 34.7 Å². The van der Waals surface area contributed by atoms with Crippen LogP contribution in [-0.2, 0) is 15.7 Å². The first-order valence-corrected chi connectivity index (χ1v) is 6.88. The summed E-state index contributed by atoms with van der Waals surface area (Å²) < 4.78 is 43.7. The third-order valence-corrected chi connectivity index (χ3v) is 3.82. The van der Waals surface area contributed by atoms with Crippen LogP contribution in [0.4, 0.5) is 13.2 Å². The molecule has 0 atom stereocenters. The van der Waals surface area contributed by atoms with E-state index in [-0.39, 0.29) is 32.6 Å². The van der Waals surface area contributed by atoms with E-state index in [1.54, 1.807) is 0 Å². The summed E-state index contributed by atoms with van der Waals surface area (Å²) >= 11 is 0. The molecule has 1 aliphatic rings. The van der Waals surface area contributed by atoms with Crippen molar-refractivity contribution in [3.63, 3.8) is 0 Å². The topological polar surface area (TPSA) is 88.5 Å². The average Bonchev–Trinajstić information content (AvgIpc) is 2.52. The number of rotatable bonds is 4. The first-order valence-electron chi connectivity index (χ1n) is 6.88. The Kier molecular flexibility index (Phi) is 4.88. The molecule has 1 aromatic rings. The largest absolute Gasteiger partial charge is 0.481 e. The number of aliphatic carboxylic acids is 1. The second-order valence-corrected chi connectivity index (χ2v) is 5.28. The maximum absolute atomic E-state index is 12.9. The molecule has 2 heterocycles. The lowest BCUT2D eigenvalue weighted by Gasteiger charge is -2.33. The van der Waals surface area contributed by atoms with Gasteiger partial charge in [0.25, 0.3) is 5.91 Å². The van der Waals surface area contributed by atoms with Crippen LogP contribution in [0.15, 0.2) is 18.3 Å². The summed E-state index contributed by atoms with van der Waals surface area (Å²) in [7, 11) is 0. The Hall–Kier alpha value is -2.16. The van der Waals surface area contributed by atoms with Gasteiger partial charge >= 0.3 is 12.1 Å². The second-order valence-electron chi connectivity index (χ2n) is 5.28. The number of carbonyl (C=O) groups excluding carboxylic acids is 1. The molecule has 23 heavy (non-hydrogen) atoms. The van der Waals surface area contributed by atoms with Crippen LogP contribution < -0.4 is 5.32 Å². The normalized spacial score (nSPS) is 17.5.